The third-order valence-corrected chi connectivity index (χ3v) is 5.17. The first-order valence-corrected chi connectivity index (χ1v) is 9.12. The van der Waals surface area contributed by atoms with Crippen LogP contribution in [-0.4, -0.2) is 31.6 Å². The van der Waals surface area contributed by atoms with Gasteiger partial charge in [-0.15, -0.1) is 0 Å². The molecule has 0 saturated carbocycles. The number of benzene rings is 2. The van der Waals surface area contributed by atoms with Crippen LogP contribution in [0.25, 0.3) is 11.0 Å². The Balaban J connectivity index is 1.88. The standard InChI is InChI=1S/C17H19N3O3S/c1-3-23-14-6-4-13(5-7-14)11-20-12-19-16-10-15(8-9-17(16)20)24(21,22)18-2/h4-10,12,18H,3,11H2,1-2H3. The molecule has 0 amide bonds. The fourth-order valence-corrected chi connectivity index (χ4v) is 3.26. The lowest BCUT2D eigenvalue weighted by molar-refractivity contribution is 0.340. The summed E-state index contributed by atoms with van der Waals surface area (Å²) in [6.45, 7) is 3.25. The van der Waals surface area contributed by atoms with Crippen LogP contribution in [-0.2, 0) is 16.6 Å². The first-order valence-electron chi connectivity index (χ1n) is 7.63. The van der Waals surface area contributed by atoms with Crippen molar-refractivity contribution in [2.24, 2.45) is 0 Å². The van der Waals surface area contributed by atoms with Crippen molar-refractivity contribution in [3.63, 3.8) is 0 Å². The number of hydrogen-bond donors (Lipinski definition) is 1. The molecule has 1 N–H and O–H groups in total. The van der Waals surface area contributed by atoms with Crippen molar-refractivity contribution in [2.75, 3.05) is 13.7 Å². The highest BCUT2D eigenvalue weighted by molar-refractivity contribution is 7.89. The Kier molecular flexibility index (Phi) is 4.55. The molecule has 6 nitrogen and oxygen atoms in total. The van der Waals surface area contributed by atoms with E-state index in [0.717, 1.165) is 16.8 Å². The van der Waals surface area contributed by atoms with E-state index in [-0.39, 0.29) is 4.90 Å². The van der Waals surface area contributed by atoms with Crippen LogP contribution in [0.15, 0.2) is 53.7 Å². The summed E-state index contributed by atoms with van der Waals surface area (Å²) in [4.78, 5) is 4.53. The molecule has 126 valence electrons. The Morgan fingerprint density at radius 1 is 1.17 bits per heavy atom. The molecule has 0 spiro atoms. The van der Waals surface area contributed by atoms with Gasteiger partial charge < -0.3 is 9.30 Å². The van der Waals surface area contributed by atoms with E-state index >= 15 is 0 Å². The summed E-state index contributed by atoms with van der Waals surface area (Å²) >= 11 is 0. The molecule has 0 unspecified atom stereocenters. The van der Waals surface area contributed by atoms with E-state index in [9.17, 15) is 8.42 Å². The minimum atomic E-state index is -3.46. The molecule has 0 atom stereocenters. The first kappa shape index (κ1) is 16.5. The number of aromatic nitrogens is 2. The van der Waals surface area contributed by atoms with Crippen molar-refractivity contribution in [2.45, 2.75) is 18.4 Å². The minimum Gasteiger partial charge on any atom is -0.494 e. The molecule has 3 rings (SSSR count). The largest absolute Gasteiger partial charge is 0.494 e. The lowest BCUT2D eigenvalue weighted by Gasteiger charge is -2.07. The van der Waals surface area contributed by atoms with E-state index < -0.39 is 10.0 Å². The van der Waals surface area contributed by atoms with Gasteiger partial charge in [-0.05, 0) is 49.9 Å². The van der Waals surface area contributed by atoms with E-state index in [1.54, 1.807) is 24.5 Å². The van der Waals surface area contributed by atoms with Gasteiger partial charge in [-0.25, -0.2) is 18.1 Å². The number of imidazole rings is 1. The lowest BCUT2D eigenvalue weighted by atomic mass is 10.2. The van der Waals surface area contributed by atoms with Gasteiger partial charge in [0, 0.05) is 6.54 Å². The second-order valence-electron chi connectivity index (χ2n) is 5.31. The molecule has 0 aliphatic rings. The fraction of sp³-hybridized carbons (Fsp3) is 0.235. The van der Waals surface area contributed by atoms with Crippen molar-refractivity contribution in [3.8, 4) is 5.75 Å². The van der Waals surface area contributed by atoms with E-state index in [4.69, 9.17) is 4.74 Å². The van der Waals surface area contributed by atoms with E-state index in [1.165, 1.54) is 7.05 Å². The molecule has 1 heterocycles. The summed E-state index contributed by atoms with van der Waals surface area (Å²) in [7, 11) is -2.07. The van der Waals surface area contributed by atoms with Gasteiger partial charge in [-0.1, -0.05) is 12.1 Å². The predicted molar refractivity (Wildman–Crippen MR) is 92.7 cm³/mol. The van der Waals surface area contributed by atoms with Crippen LogP contribution in [0.4, 0.5) is 0 Å². The zero-order valence-corrected chi connectivity index (χ0v) is 14.4. The quantitative estimate of drug-likeness (QED) is 0.744. The van der Waals surface area contributed by atoms with Crippen LogP contribution < -0.4 is 9.46 Å². The van der Waals surface area contributed by atoms with E-state index in [2.05, 4.69) is 9.71 Å². The van der Waals surface area contributed by atoms with Gasteiger partial charge in [0.2, 0.25) is 10.0 Å². The molecule has 7 heteroatoms. The zero-order chi connectivity index (χ0) is 17.2. The van der Waals surface area contributed by atoms with Crippen molar-refractivity contribution < 1.29 is 13.2 Å². The molecule has 1 aromatic heterocycles. The SMILES string of the molecule is CCOc1ccc(Cn2cnc3cc(S(=O)(=O)NC)ccc32)cc1. The number of sulfonamides is 1. The summed E-state index contributed by atoms with van der Waals surface area (Å²) in [5.74, 6) is 0.846. The molecule has 0 aliphatic heterocycles. The van der Waals surface area contributed by atoms with Gasteiger partial charge in [0.15, 0.2) is 0 Å². The number of rotatable bonds is 6. The van der Waals surface area contributed by atoms with Crippen molar-refractivity contribution >= 4 is 21.1 Å². The average molecular weight is 345 g/mol. The number of nitrogens with zero attached hydrogens (tertiary/aromatic N) is 2. The molecule has 0 fully saturated rings. The summed E-state index contributed by atoms with van der Waals surface area (Å²) in [5.41, 5.74) is 2.65. The van der Waals surface area contributed by atoms with Gasteiger partial charge in [0.1, 0.15) is 5.75 Å². The van der Waals surface area contributed by atoms with Crippen LogP contribution in [0.5, 0.6) is 5.75 Å². The smallest absolute Gasteiger partial charge is 0.240 e. The van der Waals surface area contributed by atoms with Crippen molar-refractivity contribution in [3.05, 3.63) is 54.4 Å². The van der Waals surface area contributed by atoms with Crippen LogP contribution in [0.2, 0.25) is 0 Å². The van der Waals surface area contributed by atoms with Gasteiger partial charge >= 0.3 is 0 Å². The summed E-state index contributed by atoms with van der Waals surface area (Å²) in [5, 5.41) is 0. The molecular formula is C17H19N3O3S. The van der Waals surface area contributed by atoms with Crippen LogP contribution in [0, 0.1) is 0 Å². The maximum absolute atomic E-state index is 11.9. The van der Waals surface area contributed by atoms with Crippen LogP contribution >= 0.6 is 0 Å². The normalized spacial score (nSPS) is 11.8. The third kappa shape index (κ3) is 3.27. The fourth-order valence-electron chi connectivity index (χ4n) is 2.51. The summed E-state index contributed by atoms with van der Waals surface area (Å²) in [6, 6.07) is 12.8. The van der Waals surface area contributed by atoms with E-state index in [1.807, 2.05) is 35.8 Å². The molecular weight excluding hydrogens is 326 g/mol. The van der Waals surface area contributed by atoms with Gasteiger partial charge in [-0.3, -0.25) is 0 Å². The highest BCUT2D eigenvalue weighted by atomic mass is 32.2. The molecule has 2 aromatic carbocycles. The minimum absolute atomic E-state index is 0.212. The Bertz CT molecular complexity index is 947. The maximum atomic E-state index is 11.9. The zero-order valence-electron chi connectivity index (χ0n) is 13.6. The Hall–Kier alpha value is -2.38. The molecule has 0 saturated heterocycles. The second kappa shape index (κ2) is 6.62. The van der Waals surface area contributed by atoms with Crippen LogP contribution in [0.3, 0.4) is 0 Å². The van der Waals surface area contributed by atoms with Gasteiger partial charge in [0.05, 0.1) is 28.9 Å². The highest BCUT2D eigenvalue weighted by Gasteiger charge is 2.13. The molecule has 0 radical (unpaired) electrons. The van der Waals surface area contributed by atoms with Gasteiger partial charge in [-0.2, -0.15) is 0 Å². The predicted octanol–water partition coefficient (Wildman–Crippen LogP) is 2.39. The second-order valence-corrected chi connectivity index (χ2v) is 7.19. The molecule has 0 bridgehead atoms. The number of fused-ring (bicyclic) bond motifs is 1. The van der Waals surface area contributed by atoms with Gasteiger partial charge in [0.25, 0.3) is 0 Å². The third-order valence-electron chi connectivity index (χ3n) is 3.76. The Morgan fingerprint density at radius 3 is 2.58 bits per heavy atom. The number of hydrogen-bond acceptors (Lipinski definition) is 4. The number of nitrogens with one attached hydrogen (secondary N) is 1. The first-order chi connectivity index (χ1) is 11.5. The molecule has 3 aromatic rings. The number of ether oxygens (including phenoxy) is 1. The Morgan fingerprint density at radius 2 is 1.92 bits per heavy atom. The topological polar surface area (TPSA) is 73.2 Å². The lowest BCUT2D eigenvalue weighted by Crippen LogP contribution is -2.18. The highest BCUT2D eigenvalue weighted by Crippen LogP contribution is 2.20. The molecule has 24 heavy (non-hydrogen) atoms. The maximum Gasteiger partial charge on any atom is 0.240 e. The summed E-state index contributed by atoms with van der Waals surface area (Å²) in [6.07, 6.45) is 1.72. The van der Waals surface area contributed by atoms with Crippen molar-refractivity contribution in [1.29, 1.82) is 0 Å². The average Bonchev–Trinajstić information content (AvgIpc) is 2.99. The summed E-state index contributed by atoms with van der Waals surface area (Å²) < 4.78 is 33.5. The monoisotopic (exact) mass is 345 g/mol. The van der Waals surface area contributed by atoms with Crippen molar-refractivity contribution in [1.82, 2.24) is 14.3 Å². The molecule has 0 aliphatic carbocycles. The van der Waals surface area contributed by atoms with E-state index in [0.29, 0.717) is 18.7 Å². The Labute approximate surface area is 141 Å². The van der Waals surface area contributed by atoms with Crippen LogP contribution in [0.1, 0.15) is 12.5 Å².